The first-order chi connectivity index (χ1) is 7.18. The van der Waals surface area contributed by atoms with Gasteiger partial charge in [0.25, 0.3) is 0 Å². The number of hydrogen-bond donors (Lipinski definition) is 0. The lowest BCUT2D eigenvalue weighted by Crippen LogP contribution is -2.02. The number of aryl methyl sites for hydroxylation is 1. The monoisotopic (exact) mass is 199 g/mol. The third-order valence-corrected chi connectivity index (χ3v) is 2.42. The van der Waals surface area contributed by atoms with Crippen LogP contribution in [0.2, 0.25) is 0 Å². The van der Waals surface area contributed by atoms with Gasteiger partial charge in [-0.1, -0.05) is 17.7 Å². The fraction of sp³-hybridized carbons (Fsp3) is 0.154. The molecule has 76 valence electrons. The molecule has 0 radical (unpaired) electrons. The largest absolute Gasteiger partial charge is 0.314 e. The first kappa shape index (κ1) is 9.71. The van der Waals surface area contributed by atoms with Crippen molar-refractivity contribution in [2.24, 2.45) is 0 Å². The lowest BCUT2D eigenvalue weighted by molar-refractivity contribution is 0.101. The smallest absolute Gasteiger partial charge is 0.176 e. The molecule has 0 amide bonds. The van der Waals surface area contributed by atoms with Crippen LogP contribution >= 0.6 is 0 Å². The van der Waals surface area contributed by atoms with Crippen molar-refractivity contribution < 1.29 is 4.79 Å². The topological polar surface area (TPSA) is 22.0 Å². The Hall–Kier alpha value is -1.83. The van der Waals surface area contributed by atoms with Crippen LogP contribution in [0.1, 0.15) is 23.0 Å². The Kier molecular flexibility index (Phi) is 2.42. The number of benzene rings is 1. The summed E-state index contributed by atoms with van der Waals surface area (Å²) in [5.41, 5.74) is 2.96. The number of nitrogens with zero attached hydrogens (tertiary/aromatic N) is 1. The molecule has 0 fully saturated rings. The number of Topliss-reactive ketones (excluding diaryl/α,β-unsaturated/α-hetero) is 1. The predicted octanol–water partition coefficient (Wildman–Crippen LogP) is 2.99. The molecule has 0 saturated heterocycles. The van der Waals surface area contributed by atoms with E-state index in [1.54, 1.807) is 6.92 Å². The van der Waals surface area contributed by atoms with Gasteiger partial charge in [-0.25, -0.2) is 0 Å². The molecule has 0 atom stereocenters. The van der Waals surface area contributed by atoms with Crippen molar-refractivity contribution >= 4 is 5.78 Å². The van der Waals surface area contributed by atoms with Gasteiger partial charge in [-0.05, 0) is 31.2 Å². The Morgan fingerprint density at radius 3 is 2.40 bits per heavy atom. The summed E-state index contributed by atoms with van der Waals surface area (Å²) in [7, 11) is 0. The van der Waals surface area contributed by atoms with Crippen LogP contribution in [-0.2, 0) is 0 Å². The Labute approximate surface area is 89.2 Å². The van der Waals surface area contributed by atoms with E-state index in [4.69, 9.17) is 0 Å². The molecule has 1 heterocycles. The lowest BCUT2D eigenvalue weighted by Gasteiger charge is -2.06. The molecule has 0 unspecified atom stereocenters. The van der Waals surface area contributed by atoms with Crippen LogP contribution in [0.4, 0.5) is 0 Å². The van der Waals surface area contributed by atoms with Gasteiger partial charge in [0.05, 0.1) is 5.69 Å². The van der Waals surface area contributed by atoms with Crippen molar-refractivity contribution in [3.05, 3.63) is 53.9 Å². The second-order valence-corrected chi connectivity index (χ2v) is 3.66. The highest BCUT2D eigenvalue weighted by Gasteiger charge is 2.06. The van der Waals surface area contributed by atoms with Crippen molar-refractivity contribution in [3.8, 4) is 5.69 Å². The average molecular weight is 199 g/mol. The van der Waals surface area contributed by atoms with Crippen molar-refractivity contribution in [3.63, 3.8) is 0 Å². The quantitative estimate of drug-likeness (QED) is 0.681. The van der Waals surface area contributed by atoms with Crippen LogP contribution in [0.5, 0.6) is 0 Å². The maximum absolute atomic E-state index is 11.3. The molecule has 15 heavy (non-hydrogen) atoms. The highest BCUT2D eigenvalue weighted by molar-refractivity contribution is 5.93. The molecule has 0 spiro atoms. The van der Waals surface area contributed by atoms with Crippen molar-refractivity contribution in [1.82, 2.24) is 4.57 Å². The van der Waals surface area contributed by atoms with Gasteiger partial charge in [0, 0.05) is 18.8 Å². The Morgan fingerprint density at radius 2 is 1.80 bits per heavy atom. The SMILES string of the molecule is CC(=O)c1cccn1-c1ccc(C)cc1. The average Bonchev–Trinajstić information content (AvgIpc) is 2.67. The lowest BCUT2D eigenvalue weighted by atomic mass is 10.2. The predicted molar refractivity (Wildman–Crippen MR) is 60.5 cm³/mol. The van der Waals surface area contributed by atoms with Gasteiger partial charge in [-0.15, -0.1) is 0 Å². The third kappa shape index (κ3) is 1.84. The zero-order valence-electron chi connectivity index (χ0n) is 8.90. The van der Waals surface area contributed by atoms with Crippen LogP contribution in [0, 0.1) is 6.92 Å². The fourth-order valence-corrected chi connectivity index (χ4v) is 1.60. The maximum Gasteiger partial charge on any atom is 0.176 e. The van der Waals surface area contributed by atoms with Gasteiger partial charge >= 0.3 is 0 Å². The molecular weight excluding hydrogens is 186 g/mol. The molecule has 1 aromatic carbocycles. The summed E-state index contributed by atoms with van der Waals surface area (Å²) in [5.74, 6) is 0.0839. The molecule has 0 N–H and O–H groups in total. The molecule has 0 bridgehead atoms. The summed E-state index contributed by atoms with van der Waals surface area (Å²) >= 11 is 0. The number of carbonyl (C=O) groups is 1. The standard InChI is InChI=1S/C13H13NO/c1-10-5-7-12(8-6-10)14-9-3-4-13(14)11(2)15/h3-9H,1-2H3. The molecule has 0 aliphatic rings. The minimum atomic E-state index is 0.0839. The van der Waals surface area contributed by atoms with E-state index in [0.717, 1.165) is 11.4 Å². The summed E-state index contributed by atoms with van der Waals surface area (Å²) in [4.78, 5) is 11.3. The van der Waals surface area contributed by atoms with E-state index < -0.39 is 0 Å². The van der Waals surface area contributed by atoms with Gasteiger partial charge < -0.3 is 4.57 Å². The van der Waals surface area contributed by atoms with Crippen molar-refractivity contribution in [1.29, 1.82) is 0 Å². The molecule has 2 rings (SSSR count). The molecule has 2 nitrogen and oxygen atoms in total. The fourth-order valence-electron chi connectivity index (χ4n) is 1.60. The molecule has 2 aromatic rings. The van der Waals surface area contributed by atoms with E-state index in [2.05, 4.69) is 0 Å². The van der Waals surface area contributed by atoms with E-state index in [1.165, 1.54) is 5.56 Å². The zero-order valence-corrected chi connectivity index (χ0v) is 8.90. The van der Waals surface area contributed by atoms with Gasteiger partial charge in [0.15, 0.2) is 5.78 Å². The van der Waals surface area contributed by atoms with Crippen LogP contribution in [-0.4, -0.2) is 10.4 Å². The Morgan fingerprint density at radius 1 is 1.13 bits per heavy atom. The van der Waals surface area contributed by atoms with Crippen LogP contribution in [0.3, 0.4) is 0 Å². The van der Waals surface area contributed by atoms with E-state index in [-0.39, 0.29) is 5.78 Å². The molecule has 0 aliphatic heterocycles. The molecule has 0 aliphatic carbocycles. The van der Waals surface area contributed by atoms with Gasteiger partial charge in [0.1, 0.15) is 0 Å². The number of aromatic nitrogens is 1. The van der Waals surface area contributed by atoms with E-state index >= 15 is 0 Å². The Bertz CT molecular complexity index is 479. The highest BCUT2D eigenvalue weighted by atomic mass is 16.1. The molecule has 1 aromatic heterocycles. The zero-order chi connectivity index (χ0) is 10.8. The highest BCUT2D eigenvalue weighted by Crippen LogP contribution is 2.13. The number of carbonyl (C=O) groups excluding carboxylic acids is 1. The van der Waals surface area contributed by atoms with E-state index in [1.807, 2.05) is 54.1 Å². The van der Waals surface area contributed by atoms with Crippen molar-refractivity contribution in [2.45, 2.75) is 13.8 Å². The molecule has 0 saturated carbocycles. The second-order valence-electron chi connectivity index (χ2n) is 3.66. The van der Waals surface area contributed by atoms with Gasteiger partial charge in [0.2, 0.25) is 0 Å². The Balaban J connectivity index is 2.49. The van der Waals surface area contributed by atoms with E-state index in [9.17, 15) is 4.79 Å². The number of hydrogen-bond acceptors (Lipinski definition) is 1. The van der Waals surface area contributed by atoms with Crippen molar-refractivity contribution in [2.75, 3.05) is 0 Å². The second kappa shape index (κ2) is 3.73. The van der Waals surface area contributed by atoms with Crippen LogP contribution in [0.15, 0.2) is 42.6 Å². The first-order valence-electron chi connectivity index (χ1n) is 4.94. The molecular formula is C13H13NO. The number of ketones is 1. The third-order valence-electron chi connectivity index (χ3n) is 2.42. The summed E-state index contributed by atoms with van der Waals surface area (Å²) in [6.45, 7) is 3.63. The maximum atomic E-state index is 11.3. The summed E-state index contributed by atoms with van der Waals surface area (Å²) < 4.78 is 1.90. The molecule has 2 heteroatoms. The summed E-state index contributed by atoms with van der Waals surface area (Å²) in [6, 6.07) is 11.8. The van der Waals surface area contributed by atoms with Gasteiger partial charge in [-0.3, -0.25) is 4.79 Å². The minimum absolute atomic E-state index is 0.0839. The van der Waals surface area contributed by atoms with Gasteiger partial charge in [-0.2, -0.15) is 0 Å². The van der Waals surface area contributed by atoms with E-state index in [0.29, 0.717) is 0 Å². The minimum Gasteiger partial charge on any atom is -0.314 e. The number of rotatable bonds is 2. The summed E-state index contributed by atoms with van der Waals surface area (Å²) in [5, 5.41) is 0. The van der Waals surface area contributed by atoms with Crippen LogP contribution < -0.4 is 0 Å². The van der Waals surface area contributed by atoms with Crippen LogP contribution in [0.25, 0.3) is 5.69 Å². The summed E-state index contributed by atoms with van der Waals surface area (Å²) in [6.07, 6.45) is 1.90. The first-order valence-corrected chi connectivity index (χ1v) is 4.94. The normalized spacial score (nSPS) is 10.3.